The molecule has 2 rings (SSSR count). The molecule has 0 spiro atoms. The smallest absolute Gasteiger partial charge is 0.331 e. The lowest BCUT2D eigenvalue weighted by Crippen LogP contribution is -1.93. The summed E-state index contributed by atoms with van der Waals surface area (Å²) in [4.78, 5) is 14.9. The number of carbonyl (C=O) groups excluding carboxylic acids is 1. The van der Waals surface area contributed by atoms with Crippen molar-refractivity contribution in [2.24, 2.45) is 5.16 Å². The first-order valence-electron chi connectivity index (χ1n) is 4.36. The molecule has 0 bridgehead atoms. The number of nitrogens with zero attached hydrogens (tertiary/aromatic N) is 1. The molecule has 0 amide bonds. The summed E-state index contributed by atoms with van der Waals surface area (Å²) in [6.45, 7) is 1.52. The molecule has 0 unspecified atom stereocenters. The molecule has 1 aliphatic rings. The zero-order valence-corrected chi connectivity index (χ0v) is 8.10. The normalized spacial score (nSPS) is 13.1. The maximum Gasteiger partial charge on any atom is 0.331 e. The van der Waals surface area contributed by atoms with Crippen LogP contribution in [0.15, 0.2) is 23.4 Å². The van der Waals surface area contributed by atoms with E-state index in [0.717, 1.165) is 5.56 Å². The highest BCUT2D eigenvalue weighted by Gasteiger charge is 2.12. The molecular weight excluding hydrogens is 198 g/mol. The van der Waals surface area contributed by atoms with Gasteiger partial charge in [-0.3, -0.25) is 0 Å². The summed E-state index contributed by atoms with van der Waals surface area (Å²) in [6, 6.07) is 5.33. The molecule has 0 aromatic heterocycles. The van der Waals surface area contributed by atoms with E-state index in [1.165, 1.54) is 13.1 Å². The van der Waals surface area contributed by atoms with Crippen molar-refractivity contribution < 1.29 is 19.1 Å². The fourth-order valence-corrected chi connectivity index (χ4v) is 1.15. The van der Waals surface area contributed by atoms with Gasteiger partial charge in [0.05, 0.1) is 6.21 Å². The van der Waals surface area contributed by atoms with Gasteiger partial charge in [0.2, 0.25) is 6.79 Å². The Labute approximate surface area is 86.2 Å². The van der Waals surface area contributed by atoms with Crippen molar-refractivity contribution in [1.82, 2.24) is 0 Å². The summed E-state index contributed by atoms with van der Waals surface area (Å²) in [5.41, 5.74) is 0.778. The first-order chi connectivity index (χ1) is 7.25. The third kappa shape index (κ3) is 2.25. The third-order valence-corrected chi connectivity index (χ3v) is 1.78. The van der Waals surface area contributed by atoms with Crippen molar-refractivity contribution in [2.45, 2.75) is 6.92 Å². The zero-order valence-electron chi connectivity index (χ0n) is 8.10. The number of carbonyl (C=O) groups is 1. The molecule has 1 aliphatic heterocycles. The predicted octanol–water partition coefficient (Wildman–Crippen LogP) is 1.31. The van der Waals surface area contributed by atoms with E-state index in [-0.39, 0.29) is 6.79 Å². The summed E-state index contributed by atoms with van der Waals surface area (Å²) in [6.07, 6.45) is 1.43. The zero-order chi connectivity index (χ0) is 10.7. The highest BCUT2D eigenvalue weighted by molar-refractivity contribution is 5.81. The van der Waals surface area contributed by atoms with Crippen LogP contribution in [-0.4, -0.2) is 19.0 Å². The Kier molecular flexibility index (Phi) is 2.53. The molecular formula is C10H9NO4. The Morgan fingerprint density at radius 2 is 2.27 bits per heavy atom. The van der Waals surface area contributed by atoms with Crippen LogP contribution < -0.4 is 9.47 Å². The van der Waals surface area contributed by atoms with E-state index in [1.54, 1.807) is 18.2 Å². The van der Waals surface area contributed by atoms with Gasteiger partial charge < -0.3 is 14.3 Å². The predicted molar refractivity (Wildman–Crippen MR) is 51.9 cm³/mol. The first kappa shape index (κ1) is 9.51. The monoisotopic (exact) mass is 207 g/mol. The van der Waals surface area contributed by atoms with E-state index < -0.39 is 5.97 Å². The highest BCUT2D eigenvalue weighted by atomic mass is 16.7. The van der Waals surface area contributed by atoms with Crippen molar-refractivity contribution in [2.75, 3.05) is 6.79 Å². The molecule has 0 aliphatic carbocycles. The van der Waals surface area contributed by atoms with E-state index in [4.69, 9.17) is 9.47 Å². The van der Waals surface area contributed by atoms with Crippen LogP contribution >= 0.6 is 0 Å². The topological polar surface area (TPSA) is 57.1 Å². The molecule has 0 saturated carbocycles. The Hall–Kier alpha value is -2.04. The fraction of sp³-hybridized carbons (Fsp3) is 0.200. The lowest BCUT2D eigenvalue weighted by molar-refractivity contribution is -0.140. The Balaban J connectivity index is 2.10. The Bertz CT molecular complexity index is 414. The second-order valence-corrected chi connectivity index (χ2v) is 2.93. The van der Waals surface area contributed by atoms with Crippen molar-refractivity contribution in [3.05, 3.63) is 23.8 Å². The average molecular weight is 207 g/mol. The number of fused-ring (bicyclic) bond motifs is 1. The maximum absolute atomic E-state index is 10.4. The Morgan fingerprint density at radius 1 is 1.47 bits per heavy atom. The summed E-state index contributed by atoms with van der Waals surface area (Å²) >= 11 is 0. The van der Waals surface area contributed by atoms with Gasteiger partial charge in [-0.05, 0) is 18.2 Å². The summed E-state index contributed by atoms with van der Waals surface area (Å²) in [5, 5.41) is 3.50. The molecule has 78 valence electrons. The molecule has 1 aromatic rings. The summed E-state index contributed by atoms with van der Waals surface area (Å²) in [5.74, 6) is 0.924. The van der Waals surface area contributed by atoms with Gasteiger partial charge in [0, 0.05) is 12.5 Å². The molecule has 0 saturated heterocycles. The molecule has 1 heterocycles. The van der Waals surface area contributed by atoms with E-state index in [9.17, 15) is 4.79 Å². The van der Waals surface area contributed by atoms with Crippen LogP contribution in [0.1, 0.15) is 12.5 Å². The molecule has 5 heteroatoms. The number of ether oxygens (including phenoxy) is 2. The van der Waals surface area contributed by atoms with Gasteiger partial charge >= 0.3 is 5.97 Å². The highest BCUT2D eigenvalue weighted by Crippen LogP contribution is 2.31. The van der Waals surface area contributed by atoms with Crippen molar-refractivity contribution >= 4 is 12.2 Å². The maximum atomic E-state index is 10.4. The van der Waals surface area contributed by atoms with Crippen molar-refractivity contribution in [3.63, 3.8) is 0 Å². The van der Waals surface area contributed by atoms with E-state index in [0.29, 0.717) is 11.5 Å². The van der Waals surface area contributed by atoms with Gasteiger partial charge in [-0.25, -0.2) is 4.79 Å². The number of hydrogen-bond donors (Lipinski definition) is 0. The van der Waals surface area contributed by atoms with E-state index in [2.05, 4.69) is 9.99 Å². The van der Waals surface area contributed by atoms with Crippen LogP contribution in [0.2, 0.25) is 0 Å². The molecule has 15 heavy (non-hydrogen) atoms. The van der Waals surface area contributed by atoms with E-state index >= 15 is 0 Å². The molecule has 0 fully saturated rings. The summed E-state index contributed by atoms with van der Waals surface area (Å²) < 4.78 is 10.3. The lowest BCUT2D eigenvalue weighted by Gasteiger charge is -1.96. The minimum Gasteiger partial charge on any atom is -0.454 e. The molecule has 0 N–H and O–H groups in total. The fourth-order valence-electron chi connectivity index (χ4n) is 1.15. The Morgan fingerprint density at radius 3 is 3.07 bits per heavy atom. The van der Waals surface area contributed by atoms with Gasteiger partial charge in [0.15, 0.2) is 11.5 Å². The van der Waals surface area contributed by atoms with Crippen LogP contribution in [-0.2, 0) is 9.63 Å². The van der Waals surface area contributed by atoms with Crippen LogP contribution in [0.3, 0.4) is 0 Å². The number of benzene rings is 1. The van der Waals surface area contributed by atoms with Crippen LogP contribution in [0.4, 0.5) is 0 Å². The van der Waals surface area contributed by atoms with Gasteiger partial charge in [0.25, 0.3) is 0 Å². The molecule has 1 aromatic carbocycles. The minimum absolute atomic E-state index is 0.236. The van der Waals surface area contributed by atoms with Crippen LogP contribution in [0.5, 0.6) is 11.5 Å². The second kappa shape index (κ2) is 4.00. The largest absolute Gasteiger partial charge is 0.454 e. The standard InChI is InChI=1S/C10H9NO4/c1-7(12)15-11-5-8-2-3-9-10(4-8)14-6-13-9/h2-5H,6H2,1H3/b11-5+. The summed E-state index contributed by atoms with van der Waals surface area (Å²) in [7, 11) is 0. The van der Waals surface area contributed by atoms with Crippen LogP contribution in [0, 0.1) is 0 Å². The molecule has 5 nitrogen and oxygen atoms in total. The second-order valence-electron chi connectivity index (χ2n) is 2.93. The third-order valence-electron chi connectivity index (χ3n) is 1.78. The minimum atomic E-state index is -0.452. The molecule has 0 atom stereocenters. The van der Waals surface area contributed by atoms with Gasteiger partial charge in [-0.1, -0.05) is 5.16 Å². The van der Waals surface area contributed by atoms with Crippen LogP contribution in [0.25, 0.3) is 0 Å². The van der Waals surface area contributed by atoms with Gasteiger partial charge in [0.1, 0.15) is 0 Å². The first-order valence-corrected chi connectivity index (χ1v) is 4.36. The number of hydrogen-bond acceptors (Lipinski definition) is 5. The van der Waals surface area contributed by atoms with Gasteiger partial charge in [-0.2, -0.15) is 0 Å². The van der Waals surface area contributed by atoms with Gasteiger partial charge in [-0.15, -0.1) is 0 Å². The number of oxime groups is 1. The van der Waals surface area contributed by atoms with Crippen molar-refractivity contribution in [3.8, 4) is 11.5 Å². The van der Waals surface area contributed by atoms with E-state index in [1.807, 2.05) is 0 Å². The lowest BCUT2D eigenvalue weighted by atomic mass is 10.2. The quantitative estimate of drug-likeness (QED) is 0.417. The average Bonchev–Trinajstić information content (AvgIpc) is 2.64. The van der Waals surface area contributed by atoms with Crippen molar-refractivity contribution in [1.29, 1.82) is 0 Å². The SMILES string of the molecule is CC(=O)O/N=C/c1ccc2c(c1)OCO2. The number of rotatable bonds is 2. The molecule has 0 radical (unpaired) electrons.